The van der Waals surface area contributed by atoms with Crippen LogP contribution in [0.3, 0.4) is 0 Å². The van der Waals surface area contributed by atoms with Gasteiger partial charge in [0.1, 0.15) is 12.6 Å². The molecule has 0 heterocycles. The minimum absolute atomic E-state index is 0.00633. The standard InChI is InChI=1S/C27H25ClN2O5/c1-2-7-24(25(31)29-16-12-13-21(26(32)33)23(28)14-16)30-27(34)35-15-22-19-10-5-3-8-17(19)18-9-4-6-11-20(18)22/h3-6,8-14,22,24H,2,7,15H2,1H3,(H,29,31)(H,30,34)(H,32,33). The van der Waals surface area contributed by atoms with Gasteiger partial charge in [0, 0.05) is 11.6 Å². The summed E-state index contributed by atoms with van der Waals surface area (Å²) in [5.41, 5.74) is 4.74. The van der Waals surface area contributed by atoms with Gasteiger partial charge in [0.25, 0.3) is 0 Å². The van der Waals surface area contributed by atoms with Gasteiger partial charge in [-0.25, -0.2) is 9.59 Å². The average molecular weight is 493 g/mol. The number of hydrogen-bond acceptors (Lipinski definition) is 4. The van der Waals surface area contributed by atoms with Crippen LogP contribution in [0.5, 0.6) is 0 Å². The molecule has 7 nitrogen and oxygen atoms in total. The number of anilines is 1. The Morgan fingerprint density at radius 3 is 2.20 bits per heavy atom. The zero-order valence-corrected chi connectivity index (χ0v) is 19.8. The van der Waals surface area contributed by atoms with Crippen molar-refractivity contribution >= 4 is 35.3 Å². The van der Waals surface area contributed by atoms with Gasteiger partial charge in [-0.2, -0.15) is 0 Å². The Kier molecular flexibility index (Phi) is 7.36. The van der Waals surface area contributed by atoms with Crippen LogP contribution >= 0.6 is 11.6 Å². The molecule has 0 saturated heterocycles. The fourth-order valence-corrected chi connectivity index (χ4v) is 4.60. The van der Waals surface area contributed by atoms with Crippen LogP contribution in [0.2, 0.25) is 5.02 Å². The molecule has 3 aromatic carbocycles. The summed E-state index contributed by atoms with van der Waals surface area (Å²) in [6.07, 6.45) is 0.372. The van der Waals surface area contributed by atoms with Crippen LogP contribution in [0, 0.1) is 0 Å². The molecule has 0 fully saturated rings. The van der Waals surface area contributed by atoms with E-state index in [0.29, 0.717) is 18.5 Å². The molecule has 0 bridgehead atoms. The number of halogens is 1. The molecule has 35 heavy (non-hydrogen) atoms. The van der Waals surface area contributed by atoms with Gasteiger partial charge in [-0.05, 0) is 46.9 Å². The molecule has 1 atom stereocenters. The lowest BCUT2D eigenvalue weighted by molar-refractivity contribution is -0.118. The maximum atomic E-state index is 12.8. The van der Waals surface area contributed by atoms with Crippen molar-refractivity contribution in [1.29, 1.82) is 0 Å². The van der Waals surface area contributed by atoms with E-state index in [1.54, 1.807) is 0 Å². The monoisotopic (exact) mass is 492 g/mol. The number of carbonyl (C=O) groups excluding carboxylic acids is 2. The van der Waals surface area contributed by atoms with Crippen molar-refractivity contribution in [1.82, 2.24) is 5.32 Å². The lowest BCUT2D eigenvalue weighted by Crippen LogP contribution is -2.44. The number of carbonyl (C=O) groups is 3. The van der Waals surface area contributed by atoms with E-state index < -0.39 is 24.0 Å². The first-order valence-electron chi connectivity index (χ1n) is 11.3. The van der Waals surface area contributed by atoms with Crippen LogP contribution in [0.1, 0.15) is 47.2 Å². The van der Waals surface area contributed by atoms with Crippen LogP contribution < -0.4 is 10.6 Å². The van der Waals surface area contributed by atoms with Crippen molar-refractivity contribution in [2.75, 3.05) is 11.9 Å². The lowest BCUT2D eigenvalue weighted by Gasteiger charge is -2.19. The largest absolute Gasteiger partial charge is 0.478 e. The summed E-state index contributed by atoms with van der Waals surface area (Å²) in [4.78, 5) is 36.6. The molecular weight excluding hydrogens is 468 g/mol. The Balaban J connectivity index is 1.40. The van der Waals surface area contributed by atoms with Gasteiger partial charge in [-0.15, -0.1) is 0 Å². The van der Waals surface area contributed by atoms with Gasteiger partial charge >= 0.3 is 12.1 Å². The zero-order chi connectivity index (χ0) is 24.9. The van der Waals surface area contributed by atoms with Crippen molar-refractivity contribution in [3.05, 3.63) is 88.4 Å². The third-order valence-corrected chi connectivity index (χ3v) is 6.31. The molecule has 4 rings (SSSR count). The van der Waals surface area contributed by atoms with Crippen molar-refractivity contribution in [2.45, 2.75) is 31.7 Å². The smallest absolute Gasteiger partial charge is 0.407 e. The maximum absolute atomic E-state index is 12.8. The molecule has 1 unspecified atom stereocenters. The van der Waals surface area contributed by atoms with Crippen molar-refractivity contribution in [3.63, 3.8) is 0 Å². The van der Waals surface area contributed by atoms with Gasteiger partial charge in [0.05, 0.1) is 10.6 Å². The van der Waals surface area contributed by atoms with E-state index in [4.69, 9.17) is 21.4 Å². The number of carboxylic acid groups (broad SMARTS) is 1. The van der Waals surface area contributed by atoms with Gasteiger partial charge in [0.15, 0.2) is 0 Å². The summed E-state index contributed by atoms with van der Waals surface area (Å²) >= 11 is 5.99. The molecule has 3 aromatic rings. The molecule has 0 radical (unpaired) electrons. The average Bonchev–Trinajstić information content (AvgIpc) is 3.16. The van der Waals surface area contributed by atoms with Crippen molar-refractivity contribution < 1.29 is 24.2 Å². The number of aromatic carboxylic acids is 1. The number of ether oxygens (including phenoxy) is 1. The number of fused-ring (bicyclic) bond motifs is 3. The number of alkyl carbamates (subject to hydrolysis) is 1. The first-order valence-corrected chi connectivity index (χ1v) is 11.7. The second-order valence-electron chi connectivity index (χ2n) is 8.30. The van der Waals surface area contributed by atoms with Gasteiger partial charge in [-0.3, -0.25) is 4.79 Å². The lowest BCUT2D eigenvalue weighted by atomic mass is 9.98. The Hall–Kier alpha value is -3.84. The van der Waals surface area contributed by atoms with E-state index in [1.807, 2.05) is 43.3 Å². The molecule has 0 saturated carbocycles. The summed E-state index contributed by atoms with van der Waals surface area (Å²) < 4.78 is 5.56. The highest BCUT2D eigenvalue weighted by Gasteiger charge is 2.29. The molecule has 0 aromatic heterocycles. The first-order chi connectivity index (χ1) is 16.9. The molecule has 2 amide bonds. The molecule has 180 valence electrons. The predicted molar refractivity (Wildman–Crippen MR) is 134 cm³/mol. The van der Waals surface area contributed by atoms with Gasteiger partial charge < -0.3 is 20.5 Å². The minimum Gasteiger partial charge on any atom is -0.478 e. The van der Waals surface area contributed by atoms with E-state index in [9.17, 15) is 14.4 Å². The normalized spacial score (nSPS) is 12.9. The van der Waals surface area contributed by atoms with Gasteiger partial charge in [-0.1, -0.05) is 73.5 Å². The number of rotatable bonds is 8. The fraction of sp³-hybridized carbons (Fsp3) is 0.222. The molecule has 0 spiro atoms. The SMILES string of the molecule is CCCC(NC(=O)OCC1c2ccccc2-c2ccccc21)C(=O)Nc1ccc(C(=O)O)c(Cl)c1. The number of carboxylic acids is 1. The zero-order valence-electron chi connectivity index (χ0n) is 19.1. The quantitative estimate of drug-likeness (QED) is 0.375. The third kappa shape index (κ3) is 5.30. The Bertz CT molecular complexity index is 1230. The number of hydrogen-bond donors (Lipinski definition) is 3. The second-order valence-corrected chi connectivity index (χ2v) is 8.71. The summed E-state index contributed by atoms with van der Waals surface area (Å²) in [7, 11) is 0. The van der Waals surface area contributed by atoms with Crippen LogP contribution in [0.4, 0.5) is 10.5 Å². The summed E-state index contributed by atoms with van der Waals surface area (Å²) in [6, 6.07) is 19.4. The second kappa shape index (κ2) is 10.6. The van der Waals surface area contributed by atoms with Gasteiger partial charge in [0.2, 0.25) is 5.91 Å². The Morgan fingerprint density at radius 2 is 1.63 bits per heavy atom. The van der Waals surface area contributed by atoms with E-state index >= 15 is 0 Å². The van der Waals surface area contributed by atoms with Crippen LogP contribution in [-0.2, 0) is 9.53 Å². The molecule has 1 aliphatic rings. The fourth-order valence-electron chi connectivity index (χ4n) is 4.34. The van der Waals surface area contributed by atoms with E-state index in [1.165, 1.54) is 18.2 Å². The highest BCUT2D eigenvalue weighted by molar-refractivity contribution is 6.33. The summed E-state index contributed by atoms with van der Waals surface area (Å²) in [5.74, 6) is -1.69. The number of nitrogens with one attached hydrogen (secondary N) is 2. The highest BCUT2D eigenvalue weighted by Crippen LogP contribution is 2.44. The Morgan fingerprint density at radius 1 is 1.00 bits per heavy atom. The van der Waals surface area contributed by atoms with Crippen LogP contribution in [0.15, 0.2) is 66.7 Å². The third-order valence-electron chi connectivity index (χ3n) is 6.00. The summed E-state index contributed by atoms with van der Waals surface area (Å²) in [6.45, 7) is 2.05. The van der Waals surface area contributed by atoms with E-state index in [-0.39, 0.29) is 23.1 Å². The van der Waals surface area contributed by atoms with Crippen molar-refractivity contribution in [3.8, 4) is 11.1 Å². The van der Waals surface area contributed by atoms with Crippen LogP contribution in [-0.4, -0.2) is 35.7 Å². The summed E-state index contributed by atoms with van der Waals surface area (Å²) in [5, 5.41) is 14.4. The van der Waals surface area contributed by atoms with E-state index in [2.05, 4.69) is 22.8 Å². The molecule has 0 aliphatic heterocycles. The molecule has 8 heteroatoms. The van der Waals surface area contributed by atoms with Crippen molar-refractivity contribution in [2.24, 2.45) is 0 Å². The first kappa shape index (κ1) is 24.3. The maximum Gasteiger partial charge on any atom is 0.407 e. The number of benzene rings is 3. The molecular formula is C27H25ClN2O5. The molecule has 1 aliphatic carbocycles. The number of amides is 2. The minimum atomic E-state index is -1.16. The molecule has 3 N–H and O–H groups in total. The topological polar surface area (TPSA) is 105 Å². The highest BCUT2D eigenvalue weighted by atomic mass is 35.5. The Labute approximate surface area is 208 Å². The van der Waals surface area contributed by atoms with Crippen LogP contribution in [0.25, 0.3) is 11.1 Å². The predicted octanol–water partition coefficient (Wildman–Crippen LogP) is 5.68. The van der Waals surface area contributed by atoms with E-state index in [0.717, 1.165) is 22.3 Å².